The van der Waals surface area contributed by atoms with E-state index in [4.69, 9.17) is 4.74 Å². The Morgan fingerprint density at radius 2 is 1.73 bits per heavy atom. The number of methoxy groups -OCH3 is 1. The highest BCUT2D eigenvalue weighted by Gasteiger charge is 2.41. The number of carbonyl (C=O) groups is 2. The van der Waals surface area contributed by atoms with Gasteiger partial charge in [-0.3, -0.25) is 9.59 Å². The zero-order valence-electron chi connectivity index (χ0n) is 15.3. The van der Waals surface area contributed by atoms with E-state index in [2.05, 4.69) is 0 Å². The Bertz CT molecular complexity index is 917. The van der Waals surface area contributed by atoms with Crippen LogP contribution in [-0.4, -0.2) is 24.7 Å². The van der Waals surface area contributed by atoms with Crippen LogP contribution < -0.4 is 9.64 Å². The van der Waals surface area contributed by atoms with Crippen molar-refractivity contribution in [2.24, 2.45) is 0 Å². The number of carbonyl (C=O) groups excluding carboxylic acids is 2. The summed E-state index contributed by atoms with van der Waals surface area (Å²) in [5, 5.41) is 0. The quantitative estimate of drug-likeness (QED) is 0.737. The van der Waals surface area contributed by atoms with Crippen LogP contribution in [0.2, 0.25) is 0 Å². The number of benzene rings is 2. The van der Waals surface area contributed by atoms with E-state index in [-0.39, 0.29) is 11.8 Å². The third-order valence-corrected chi connectivity index (χ3v) is 5.48. The van der Waals surface area contributed by atoms with Crippen LogP contribution >= 0.6 is 11.8 Å². The van der Waals surface area contributed by atoms with Crippen molar-refractivity contribution in [3.63, 3.8) is 0 Å². The summed E-state index contributed by atoms with van der Waals surface area (Å²) < 4.78 is 5.43. The standard InChI is InChI=1S/C21H21NO3S/c1-5-26-19-18(15-10-6-7-12-17(15)25-4)20(23)22(21(19)24)16-11-8-9-13(2)14(16)3/h6-12H,5H2,1-4H3. The molecule has 0 aliphatic carbocycles. The molecule has 0 radical (unpaired) electrons. The molecule has 2 aromatic rings. The lowest BCUT2D eigenvalue weighted by molar-refractivity contribution is -0.119. The van der Waals surface area contributed by atoms with Gasteiger partial charge in [0, 0.05) is 5.56 Å². The second kappa shape index (κ2) is 7.38. The molecule has 4 nitrogen and oxygen atoms in total. The molecule has 0 N–H and O–H groups in total. The summed E-state index contributed by atoms with van der Waals surface area (Å²) in [6.45, 7) is 5.87. The Kier molecular flexibility index (Phi) is 5.18. The minimum atomic E-state index is -0.302. The van der Waals surface area contributed by atoms with Gasteiger partial charge in [0.05, 0.1) is 23.3 Å². The molecule has 3 rings (SSSR count). The predicted molar refractivity (Wildman–Crippen MR) is 106 cm³/mol. The van der Waals surface area contributed by atoms with E-state index < -0.39 is 0 Å². The molecule has 2 aromatic carbocycles. The number of hydrogen-bond donors (Lipinski definition) is 0. The molecule has 2 amide bonds. The van der Waals surface area contributed by atoms with E-state index >= 15 is 0 Å². The average Bonchev–Trinajstić information content (AvgIpc) is 2.88. The van der Waals surface area contributed by atoms with E-state index in [0.717, 1.165) is 11.1 Å². The minimum Gasteiger partial charge on any atom is -0.496 e. The third-order valence-electron chi connectivity index (χ3n) is 4.52. The molecule has 0 unspecified atom stereocenters. The van der Waals surface area contributed by atoms with Crippen LogP contribution in [-0.2, 0) is 9.59 Å². The molecule has 5 heteroatoms. The van der Waals surface area contributed by atoms with Crippen LogP contribution in [0.3, 0.4) is 0 Å². The van der Waals surface area contributed by atoms with Gasteiger partial charge in [0.25, 0.3) is 11.8 Å². The van der Waals surface area contributed by atoms with Crippen molar-refractivity contribution < 1.29 is 14.3 Å². The molecule has 0 aromatic heterocycles. The van der Waals surface area contributed by atoms with Gasteiger partial charge in [0.2, 0.25) is 0 Å². The smallest absolute Gasteiger partial charge is 0.272 e. The van der Waals surface area contributed by atoms with Crippen molar-refractivity contribution in [2.75, 3.05) is 17.8 Å². The SMILES string of the molecule is CCSC1=C(c2ccccc2OC)C(=O)N(c2cccc(C)c2C)C1=O. The lowest BCUT2D eigenvalue weighted by Gasteiger charge is -2.19. The van der Waals surface area contributed by atoms with Crippen molar-refractivity contribution in [1.82, 2.24) is 0 Å². The first kappa shape index (κ1) is 18.3. The number of rotatable bonds is 5. The molecule has 0 saturated carbocycles. The summed E-state index contributed by atoms with van der Waals surface area (Å²) >= 11 is 1.39. The average molecular weight is 367 g/mol. The number of hydrogen-bond acceptors (Lipinski definition) is 4. The van der Waals surface area contributed by atoms with Crippen LogP contribution in [0, 0.1) is 13.8 Å². The van der Waals surface area contributed by atoms with E-state index in [9.17, 15) is 9.59 Å². The Labute approximate surface area is 157 Å². The monoisotopic (exact) mass is 367 g/mol. The fourth-order valence-corrected chi connectivity index (χ4v) is 3.92. The van der Waals surface area contributed by atoms with Gasteiger partial charge in [-0.15, -0.1) is 11.8 Å². The van der Waals surface area contributed by atoms with Gasteiger partial charge in [-0.1, -0.05) is 37.3 Å². The van der Waals surface area contributed by atoms with E-state index in [1.807, 2.05) is 57.2 Å². The number of ether oxygens (including phenoxy) is 1. The van der Waals surface area contributed by atoms with Crippen molar-refractivity contribution in [3.8, 4) is 5.75 Å². The number of amides is 2. The first-order valence-corrected chi connectivity index (χ1v) is 9.45. The Hall–Kier alpha value is -2.53. The minimum absolute atomic E-state index is 0.267. The van der Waals surface area contributed by atoms with Gasteiger partial charge in [-0.25, -0.2) is 4.90 Å². The van der Waals surface area contributed by atoms with Gasteiger partial charge >= 0.3 is 0 Å². The normalized spacial score (nSPS) is 14.4. The highest BCUT2D eigenvalue weighted by atomic mass is 32.2. The third kappa shape index (κ3) is 2.92. The molecule has 1 heterocycles. The second-order valence-corrected chi connectivity index (χ2v) is 7.28. The topological polar surface area (TPSA) is 46.6 Å². The number of imide groups is 1. The maximum atomic E-state index is 13.3. The maximum Gasteiger partial charge on any atom is 0.272 e. The molecule has 26 heavy (non-hydrogen) atoms. The molecule has 0 atom stereocenters. The Morgan fingerprint density at radius 3 is 2.42 bits per heavy atom. The van der Waals surface area contributed by atoms with Gasteiger partial charge in [-0.05, 0) is 42.9 Å². The summed E-state index contributed by atoms with van der Waals surface area (Å²) in [6.07, 6.45) is 0. The lowest BCUT2D eigenvalue weighted by Crippen LogP contribution is -2.32. The largest absolute Gasteiger partial charge is 0.496 e. The molecule has 0 bridgehead atoms. The summed E-state index contributed by atoms with van der Waals surface area (Å²) in [4.78, 5) is 28.2. The summed E-state index contributed by atoms with van der Waals surface area (Å²) in [5.74, 6) is 0.717. The number of anilines is 1. The molecule has 0 fully saturated rings. The second-order valence-electron chi connectivity index (χ2n) is 6.00. The molecule has 0 saturated heterocycles. The number of thioether (sulfide) groups is 1. The molecule has 134 valence electrons. The Balaban J connectivity index is 2.18. The van der Waals surface area contributed by atoms with Gasteiger partial charge in [-0.2, -0.15) is 0 Å². The highest BCUT2D eigenvalue weighted by molar-refractivity contribution is 8.04. The summed E-state index contributed by atoms with van der Waals surface area (Å²) in [6, 6.07) is 13.0. The van der Waals surface area contributed by atoms with Crippen LogP contribution in [0.25, 0.3) is 5.57 Å². The number of nitrogens with zero attached hydrogens (tertiary/aromatic N) is 1. The van der Waals surface area contributed by atoms with Gasteiger partial charge in [0.1, 0.15) is 5.75 Å². The van der Waals surface area contributed by atoms with Crippen molar-refractivity contribution in [2.45, 2.75) is 20.8 Å². The van der Waals surface area contributed by atoms with Crippen molar-refractivity contribution in [1.29, 1.82) is 0 Å². The van der Waals surface area contributed by atoms with Crippen LogP contribution in [0.5, 0.6) is 5.75 Å². The van der Waals surface area contributed by atoms with E-state index in [1.165, 1.54) is 16.7 Å². The number of para-hydroxylation sites is 1. The zero-order valence-corrected chi connectivity index (χ0v) is 16.1. The predicted octanol–water partition coefficient (Wildman–Crippen LogP) is 4.35. The lowest BCUT2D eigenvalue weighted by atomic mass is 10.0. The molecule has 0 spiro atoms. The molecular formula is C21H21NO3S. The summed E-state index contributed by atoms with van der Waals surface area (Å²) in [7, 11) is 1.57. The maximum absolute atomic E-state index is 13.3. The Morgan fingerprint density at radius 1 is 1.00 bits per heavy atom. The van der Waals surface area contributed by atoms with Crippen molar-refractivity contribution >= 4 is 34.8 Å². The summed E-state index contributed by atoms with van der Waals surface area (Å²) in [5.41, 5.74) is 3.67. The zero-order chi connectivity index (χ0) is 18.8. The fraction of sp³-hybridized carbons (Fsp3) is 0.238. The van der Waals surface area contributed by atoms with Gasteiger partial charge < -0.3 is 4.74 Å². The van der Waals surface area contributed by atoms with E-state index in [0.29, 0.717) is 33.2 Å². The van der Waals surface area contributed by atoms with Crippen LogP contribution in [0.4, 0.5) is 5.69 Å². The molecular weight excluding hydrogens is 346 g/mol. The first-order valence-electron chi connectivity index (χ1n) is 8.46. The first-order chi connectivity index (χ1) is 12.5. The van der Waals surface area contributed by atoms with Crippen molar-refractivity contribution in [3.05, 3.63) is 64.1 Å². The molecule has 1 aliphatic heterocycles. The van der Waals surface area contributed by atoms with Crippen LogP contribution in [0.15, 0.2) is 47.4 Å². The number of aryl methyl sites for hydroxylation is 1. The highest BCUT2D eigenvalue weighted by Crippen LogP contribution is 2.41. The van der Waals surface area contributed by atoms with Crippen LogP contribution in [0.1, 0.15) is 23.6 Å². The van der Waals surface area contributed by atoms with E-state index in [1.54, 1.807) is 13.2 Å². The molecule has 1 aliphatic rings. The fourth-order valence-electron chi connectivity index (χ4n) is 3.07. The van der Waals surface area contributed by atoms with Gasteiger partial charge in [0.15, 0.2) is 0 Å².